The van der Waals surface area contributed by atoms with E-state index in [1.807, 2.05) is 53.4 Å². The van der Waals surface area contributed by atoms with Crippen LogP contribution in [0.3, 0.4) is 0 Å². The van der Waals surface area contributed by atoms with Gasteiger partial charge >= 0.3 is 0 Å². The van der Waals surface area contributed by atoms with Gasteiger partial charge in [-0.1, -0.05) is 72.8 Å². The molecule has 0 bridgehead atoms. The van der Waals surface area contributed by atoms with Gasteiger partial charge in [-0.05, 0) is 37.1 Å². The number of nitrogens with zero attached hydrogens (tertiary/aromatic N) is 3. The standard InChI is InChI=1S/C29H29N3O/c1-21(2)31-16-18-32(19-17-31)29(33)26-20-28(30-27-11-7-6-10-25(26)27)24-14-12-23(13-15-24)22-8-4-3-5-9-22/h3-15,20-21H,16-19H2,1-2H3. The molecule has 1 amide bonds. The van der Waals surface area contributed by atoms with Gasteiger partial charge in [-0.3, -0.25) is 9.69 Å². The Morgan fingerprint density at radius 2 is 1.36 bits per heavy atom. The fraction of sp³-hybridized carbons (Fsp3) is 0.241. The monoisotopic (exact) mass is 435 g/mol. The van der Waals surface area contributed by atoms with E-state index < -0.39 is 0 Å². The lowest BCUT2D eigenvalue weighted by Crippen LogP contribution is -2.50. The van der Waals surface area contributed by atoms with Crippen LogP contribution in [0.2, 0.25) is 0 Å². The maximum Gasteiger partial charge on any atom is 0.254 e. The first kappa shape index (κ1) is 21.4. The first-order valence-electron chi connectivity index (χ1n) is 11.7. The summed E-state index contributed by atoms with van der Waals surface area (Å²) in [6.07, 6.45) is 0. The average molecular weight is 436 g/mol. The van der Waals surface area contributed by atoms with Crippen molar-refractivity contribution in [2.45, 2.75) is 19.9 Å². The van der Waals surface area contributed by atoms with Crippen molar-refractivity contribution in [1.82, 2.24) is 14.8 Å². The predicted octanol–water partition coefficient (Wildman–Crippen LogP) is 5.74. The molecular formula is C29H29N3O. The molecule has 0 atom stereocenters. The number of para-hydroxylation sites is 1. The number of hydrogen-bond donors (Lipinski definition) is 0. The maximum atomic E-state index is 13.6. The van der Waals surface area contributed by atoms with E-state index >= 15 is 0 Å². The third kappa shape index (κ3) is 4.39. The van der Waals surface area contributed by atoms with Gasteiger partial charge < -0.3 is 4.90 Å². The van der Waals surface area contributed by atoms with Crippen LogP contribution in [0.5, 0.6) is 0 Å². The van der Waals surface area contributed by atoms with Gasteiger partial charge in [0.15, 0.2) is 0 Å². The Labute approximate surface area is 195 Å². The zero-order valence-electron chi connectivity index (χ0n) is 19.2. The summed E-state index contributed by atoms with van der Waals surface area (Å²) in [7, 11) is 0. The molecule has 1 aliphatic rings. The van der Waals surface area contributed by atoms with Crippen molar-refractivity contribution in [3.63, 3.8) is 0 Å². The van der Waals surface area contributed by atoms with Gasteiger partial charge in [0.05, 0.1) is 16.8 Å². The van der Waals surface area contributed by atoms with E-state index in [0.717, 1.165) is 53.9 Å². The zero-order valence-corrected chi connectivity index (χ0v) is 19.2. The van der Waals surface area contributed by atoms with E-state index in [-0.39, 0.29) is 5.91 Å². The normalized spacial score (nSPS) is 14.7. The van der Waals surface area contributed by atoms with E-state index in [4.69, 9.17) is 4.98 Å². The lowest BCUT2D eigenvalue weighted by atomic mass is 10.00. The fourth-order valence-corrected chi connectivity index (χ4v) is 4.58. The van der Waals surface area contributed by atoms with Crippen molar-refractivity contribution in [3.8, 4) is 22.4 Å². The second-order valence-corrected chi connectivity index (χ2v) is 8.94. The third-order valence-corrected chi connectivity index (χ3v) is 6.57. The Hall–Kier alpha value is -3.50. The van der Waals surface area contributed by atoms with Crippen LogP contribution in [-0.4, -0.2) is 52.9 Å². The summed E-state index contributed by atoms with van der Waals surface area (Å²) in [5.74, 6) is 0.0964. The van der Waals surface area contributed by atoms with E-state index in [1.54, 1.807) is 0 Å². The van der Waals surface area contributed by atoms with E-state index in [1.165, 1.54) is 11.1 Å². The van der Waals surface area contributed by atoms with Crippen LogP contribution < -0.4 is 0 Å². The lowest BCUT2D eigenvalue weighted by Gasteiger charge is -2.37. The molecule has 1 aromatic heterocycles. The van der Waals surface area contributed by atoms with E-state index in [0.29, 0.717) is 6.04 Å². The van der Waals surface area contributed by atoms with Crippen molar-refractivity contribution >= 4 is 16.8 Å². The average Bonchev–Trinajstić information content (AvgIpc) is 2.88. The highest BCUT2D eigenvalue weighted by molar-refractivity contribution is 6.07. The SMILES string of the molecule is CC(C)N1CCN(C(=O)c2cc(-c3ccc(-c4ccccc4)cc3)nc3ccccc23)CC1. The molecule has 0 unspecified atom stereocenters. The predicted molar refractivity (Wildman–Crippen MR) is 135 cm³/mol. The van der Waals surface area contributed by atoms with Crippen molar-refractivity contribution in [2.24, 2.45) is 0 Å². The Kier molecular flexibility index (Phi) is 5.93. The summed E-state index contributed by atoms with van der Waals surface area (Å²) in [4.78, 5) is 22.9. The summed E-state index contributed by atoms with van der Waals surface area (Å²) in [6.45, 7) is 7.77. The largest absolute Gasteiger partial charge is 0.336 e. The summed E-state index contributed by atoms with van der Waals surface area (Å²) in [5, 5.41) is 0.915. The van der Waals surface area contributed by atoms with Crippen molar-refractivity contribution in [1.29, 1.82) is 0 Å². The Morgan fingerprint density at radius 1 is 0.758 bits per heavy atom. The fourth-order valence-electron chi connectivity index (χ4n) is 4.58. The summed E-state index contributed by atoms with van der Waals surface area (Å²) < 4.78 is 0. The van der Waals surface area contributed by atoms with Gasteiger partial charge in [0.1, 0.15) is 0 Å². The molecule has 0 spiro atoms. The molecule has 1 aliphatic heterocycles. The number of amides is 1. The molecule has 4 aromatic rings. The minimum absolute atomic E-state index is 0.0964. The molecule has 166 valence electrons. The van der Waals surface area contributed by atoms with E-state index in [9.17, 15) is 4.79 Å². The van der Waals surface area contributed by atoms with Crippen molar-refractivity contribution < 1.29 is 4.79 Å². The highest BCUT2D eigenvalue weighted by atomic mass is 16.2. The lowest BCUT2D eigenvalue weighted by molar-refractivity contribution is 0.0597. The van der Waals surface area contributed by atoms with Crippen LogP contribution in [0, 0.1) is 0 Å². The highest BCUT2D eigenvalue weighted by Gasteiger charge is 2.25. The Balaban J connectivity index is 1.48. The molecular weight excluding hydrogens is 406 g/mol. The molecule has 1 fully saturated rings. The molecule has 2 heterocycles. The van der Waals surface area contributed by atoms with Crippen LogP contribution in [0.15, 0.2) is 84.9 Å². The highest BCUT2D eigenvalue weighted by Crippen LogP contribution is 2.28. The van der Waals surface area contributed by atoms with Gasteiger partial charge in [-0.25, -0.2) is 4.98 Å². The minimum atomic E-state index is 0.0964. The molecule has 4 heteroatoms. The first-order chi connectivity index (χ1) is 16.1. The smallest absolute Gasteiger partial charge is 0.254 e. The number of fused-ring (bicyclic) bond motifs is 1. The van der Waals surface area contributed by atoms with Gasteiger partial charge in [-0.2, -0.15) is 0 Å². The number of carbonyl (C=O) groups excluding carboxylic acids is 1. The summed E-state index contributed by atoms with van der Waals surface area (Å²) in [5.41, 5.74) is 5.79. The van der Waals surface area contributed by atoms with Gasteiger partial charge in [0, 0.05) is 43.2 Å². The molecule has 0 N–H and O–H groups in total. The van der Waals surface area contributed by atoms with Gasteiger partial charge in [0.2, 0.25) is 0 Å². The number of piperazine rings is 1. The van der Waals surface area contributed by atoms with E-state index in [2.05, 4.69) is 55.1 Å². The third-order valence-electron chi connectivity index (χ3n) is 6.57. The number of carbonyl (C=O) groups is 1. The Morgan fingerprint density at radius 3 is 2.06 bits per heavy atom. The first-order valence-corrected chi connectivity index (χ1v) is 11.7. The van der Waals surface area contributed by atoms with Crippen molar-refractivity contribution in [2.75, 3.05) is 26.2 Å². The van der Waals surface area contributed by atoms with Crippen LogP contribution in [0.25, 0.3) is 33.3 Å². The Bertz CT molecular complexity index is 1260. The number of rotatable bonds is 4. The van der Waals surface area contributed by atoms with Crippen LogP contribution in [0.4, 0.5) is 0 Å². The van der Waals surface area contributed by atoms with Crippen LogP contribution in [-0.2, 0) is 0 Å². The molecule has 0 aliphatic carbocycles. The number of benzene rings is 3. The summed E-state index contributed by atoms with van der Waals surface area (Å²) >= 11 is 0. The minimum Gasteiger partial charge on any atom is -0.336 e. The molecule has 0 radical (unpaired) electrons. The maximum absolute atomic E-state index is 13.6. The molecule has 5 rings (SSSR count). The quantitative estimate of drug-likeness (QED) is 0.410. The van der Waals surface area contributed by atoms with Crippen LogP contribution in [0.1, 0.15) is 24.2 Å². The second-order valence-electron chi connectivity index (χ2n) is 8.94. The van der Waals surface area contributed by atoms with Crippen molar-refractivity contribution in [3.05, 3.63) is 90.5 Å². The van der Waals surface area contributed by atoms with Gasteiger partial charge in [-0.15, -0.1) is 0 Å². The molecule has 4 nitrogen and oxygen atoms in total. The zero-order chi connectivity index (χ0) is 22.8. The number of aromatic nitrogens is 1. The van der Waals surface area contributed by atoms with Crippen LogP contribution >= 0.6 is 0 Å². The molecule has 33 heavy (non-hydrogen) atoms. The second kappa shape index (κ2) is 9.16. The molecule has 3 aromatic carbocycles. The topological polar surface area (TPSA) is 36.4 Å². The van der Waals surface area contributed by atoms with Gasteiger partial charge in [0.25, 0.3) is 5.91 Å². The molecule has 0 saturated carbocycles. The number of pyridine rings is 1. The summed E-state index contributed by atoms with van der Waals surface area (Å²) in [6, 6.07) is 29.2. The molecule has 1 saturated heterocycles. The number of hydrogen-bond acceptors (Lipinski definition) is 3.